The second-order valence-corrected chi connectivity index (χ2v) is 4.89. The third-order valence-corrected chi connectivity index (χ3v) is 3.35. The molecule has 2 N–H and O–H groups in total. The Bertz CT molecular complexity index is 388. The van der Waals surface area contributed by atoms with Crippen LogP contribution < -0.4 is 5.32 Å². The number of hydrogen-bond donors (Lipinski definition) is 2. The zero-order chi connectivity index (χ0) is 12.3. The van der Waals surface area contributed by atoms with E-state index in [0.717, 1.165) is 18.8 Å². The zero-order valence-electron chi connectivity index (χ0n) is 10.5. The Morgan fingerprint density at radius 2 is 2.53 bits per heavy atom. The van der Waals surface area contributed by atoms with Crippen molar-refractivity contribution in [2.24, 2.45) is 5.92 Å². The van der Waals surface area contributed by atoms with Crippen molar-refractivity contribution in [3.8, 4) is 0 Å². The lowest BCUT2D eigenvalue weighted by molar-refractivity contribution is 0.0936. The molecule has 2 heterocycles. The van der Waals surface area contributed by atoms with E-state index in [1.165, 1.54) is 19.4 Å². The molecule has 1 amide bonds. The summed E-state index contributed by atoms with van der Waals surface area (Å²) in [5.41, 5.74) is 1.47. The average molecular weight is 236 g/mol. The van der Waals surface area contributed by atoms with Gasteiger partial charge in [0.05, 0.1) is 11.8 Å². The van der Waals surface area contributed by atoms with Crippen molar-refractivity contribution in [3.05, 3.63) is 17.5 Å². The minimum atomic E-state index is -0.0236. The Kier molecular flexibility index (Phi) is 3.78. The number of aryl methyl sites for hydroxylation is 1. The molecule has 1 saturated heterocycles. The molecule has 1 atom stereocenters. The van der Waals surface area contributed by atoms with Crippen LogP contribution in [-0.4, -0.2) is 47.7 Å². The molecule has 0 spiro atoms. The number of rotatable bonds is 3. The Labute approximate surface area is 102 Å². The molecule has 1 unspecified atom stereocenters. The van der Waals surface area contributed by atoms with Crippen LogP contribution in [0, 0.1) is 12.8 Å². The standard InChI is InChI=1S/C12H20N4O/c1-9-11(7-14-15-9)12(17)13-6-10-4-3-5-16(2)8-10/h7,10H,3-6,8H2,1-2H3,(H,13,17)(H,14,15). The summed E-state index contributed by atoms with van der Waals surface area (Å²) in [5.74, 6) is 0.550. The number of likely N-dealkylation sites (tertiary alicyclic amines) is 1. The maximum Gasteiger partial charge on any atom is 0.254 e. The normalized spacial score (nSPS) is 21.4. The summed E-state index contributed by atoms with van der Waals surface area (Å²) in [6.45, 7) is 4.86. The Hall–Kier alpha value is -1.36. The summed E-state index contributed by atoms with van der Waals surface area (Å²) < 4.78 is 0. The van der Waals surface area contributed by atoms with E-state index in [-0.39, 0.29) is 5.91 Å². The molecule has 5 heteroatoms. The minimum absolute atomic E-state index is 0.0236. The molecule has 1 aromatic heterocycles. The van der Waals surface area contributed by atoms with Gasteiger partial charge in [-0.2, -0.15) is 5.10 Å². The Balaban J connectivity index is 1.82. The van der Waals surface area contributed by atoms with Crippen molar-refractivity contribution in [1.82, 2.24) is 20.4 Å². The third kappa shape index (κ3) is 3.06. The molecule has 1 fully saturated rings. The van der Waals surface area contributed by atoms with Crippen molar-refractivity contribution < 1.29 is 4.79 Å². The maximum atomic E-state index is 11.9. The number of aromatic amines is 1. The van der Waals surface area contributed by atoms with Crippen molar-refractivity contribution in [2.75, 3.05) is 26.7 Å². The summed E-state index contributed by atoms with van der Waals surface area (Å²) >= 11 is 0. The van der Waals surface area contributed by atoms with E-state index in [1.54, 1.807) is 6.20 Å². The van der Waals surface area contributed by atoms with Crippen LogP contribution in [0.25, 0.3) is 0 Å². The van der Waals surface area contributed by atoms with Gasteiger partial charge in [-0.15, -0.1) is 0 Å². The molecule has 17 heavy (non-hydrogen) atoms. The van der Waals surface area contributed by atoms with E-state index in [4.69, 9.17) is 0 Å². The Morgan fingerprint density at radius 1 is 1.71 bits per heavy atom. The lowest BCUT2D eigenvalue weighted by Gasteiger charge is -2.29. The number of hydrogen-bond acceptors (Lipinski definition) is 3. The maximum absolute atomic E-state index is 11.9. The number of amides is 1. The Morgan fingerprint density at radius 3 is 3.18 bits per heavy atom. The first-order valence-corrected chi connectivity index (χ1v) is 6.13. The molecule has 0 aliphatic carbocycles. The van der Waals surface area contributed by atoms with Crippen molar-refractivity contribution in [2.45, 2.75) is 19.8 Å². The minimum Gasteiger partial charge on any atom is -0.352 e. The van der Waals surface area contributed by atoms with Crippen molar-refractivity contribution in [3.63, 3.8) is 0 Å². The number of nitrogens with one attached hydrogen (secondary N) is 2. The second-order valence-electron chi connectivity index (χ2n) is 4.89. The van der Waals surface area contributed by atoms with E-state index >= 15 is 0 Å². The lowest BCUT2D eigenvalue weighted by Crippen LogP contribution is -2.39. The van der Waals surface area contributed by atoms with Gasteiger partial charge in [-0.25, -0.2) is 0 Å². The molecule has 1 aliphatic heterocycles. The van der Waals surface area contributed by atoms with Crippen molar-refractivity contribution >= 4 is 5.91 Å². The summed E-state index contributed by atoms with van der Waals surface area (Å²) in [7, 11) is 2.13. The molecule has 5 nitrogen and oxygen atoms in total. The first-order chi connectivity index (χ1) is 8.16. The van der Waals surface area contributed by atoms with Gasteiger partial charge < -0.3 is 10.2 Å². The van der Waals surface area contributed by atoms with Gasteiger partial charge in [0.1, 0.15) is 0 Å². The highest BCUT2D eigenvalue weighted by atomic mass is 16.1. The number of H-pyrrole nitrogens is 1. The number of carbonyl (C=O) groups is 1. The van der Waals surface area contributed by atoms with Gasteiger partial charge in [0.25, 0.3) is 5.91 Å². The number of aromatic nitrogens is 2. The summed E-state index contributed by atoms with van der Waals surface area (Å²) in [5, 5.41) is 9.62. The largest absolute Gasteiger partial charge is 0.352 e. The van der Waals surface area contributed by atoms with E-state index in [2.05, 4.69) is 27.5 Å². The SMILES string of the molecule is Cc1[nH]ncc1C(=O)NCC1CCCN(C)C1. The van der Waals surface area contributed by atoms with Gasteiger partial charge in [0, 0.05) is 18.8 Å². The predicted molar refractivity (Wildman–Crippen MR) is 65.9 cm³/mol. The fourth-order valence-corrected chi connectivity index (χ4v) is 2.35. The van der Waals surface area contributed by atoms with Gasteiger partial charge >= 0.3 is 0 Å². The van der Waals surface area contributed by atoms with Crippen LogP contribution in [0.15, 0.2) is 6.20 Å². The predicted octanol–water partition coefficient (Wildman–Crippen LogP) is 0.790. The molecule has 94 valence electrons. The topological polar surface area (TPSA) is 61.0 Å². The van der Waals surface area contributed by atoms with Crippen LogP contribution in [0.3, 0.4) is 0 Å². The summed E-state index contributed by atoms with van der Waals surface area (Å²) in [6.07, 6.45) is 4.01. The van der Waals surface area contributed by atoms with Crippen LogP contribution in [0.2, 0.25) is 0 Å². The molecule has 2 rings (SSSR count). The van der Waals surface area contributed by atoms with E-state index < -0.39 is 0 Å². The highest BCUT2D eigenvalue weighted by Crippen LogP contribution is 2.14. The number of nitrogens with zero attached hydrogens (tertiary/aromatic N) is 2. The highest BCUT2D eigenvalue weighted by Gasteiger charge is 2.18. The van der Waals surface area contributed by atoms with E-state index in [9.17, 15) is 4.79 Å². The lowest BCUT2D eigenvalue weighted by atomic mass is 9.98. The van der Waals surface area contributed by atoms with Gasteiger partial charge in [-0.3, -0.25) is 9.89 Å². The summed E-state index contributed by atoms with van der Waals surface area (Å²) in [4.78, 5) is 14.2. The molecule has 0 bridgehead atoms. The van der Waals surface area contributed by atoms with Crippen LogP contribution in [0.1, 0.15) is 28.9 Å². The molecule has 1 aromatic rings. The van der Waals surface area contributed by atoms with Crippen LogP contribution in [0.5, 0.6) is 0 Å². The van der Waals surface area contributed by atoms with E-state index in [1.807, 2.05) is 6.92 Å². The first-order valence-electron chi connectivity index (χ1n) is 6.13. The molecular weight excluding hydrogens is 216 g/mol. The molecule has 1 aliphatic rings. The van der Waals surface area contributed by atoms with Gasteiger partial charge in [0.15, 0.2) is 0 Å². The van der Waals surface area contributed by atoms with Crippen LogP contribution in [0.4, 0.5) is 0 Å². The fraction of sp³-hybridized carbons (Fsp3) is 0.667. The quantitative estimate of drug-likeness (QED) is 0.815. The molecule has 0 saturated carbocycles. The first kappa shape index (κ1) is 12.1. The van der Waals surface area contributed by atoms with Gasteiger partial charge in [-0.1, -0.05) is 0 Å². The third-order valence-electron chi connectivity index (χ3n) is 3.35. The molecular formula is C12H20N4O. The highest BCUT2D eigenvalue weighted by molar-refractivity contribution is 5.94. The molecule has 0 radical (unpaired) electrons. The fourth-order valence-electron chi connectivity index (χ4n) is 2.35. The van der Waals surface area contributed by atoms with Crippen LogP contribution >= 0.6 is 0 Å². The van der Waals surface area contributed by atoms with Crippen molar-refractivity contribution in [1.29, 1.82) is 0 Å². The van der Waals surface area contributed by atoms with Gasteiger partial charge in [0.2, 0.25) is 0 Å². The smallest absolute Gasteiger partial charge is 0.254 e. The molecule has 0 aromatic carbocycles. The van der Waals surface area contributed by atoms with E-state index in [0.29, 0.717) is 11.5 Å². The average Bonchev–Trinajstić information content (AvgIpc) is 2.72. The number of carbonyl (C=O) groups excluding carboxylic acids is 1. The van der Waals surface area contributed by atoms with Gasteiger partial charge in [-0.05, 0) is 39.3 Å². The van der Waals surface area contributed by atoms with Crippen LogP contribution in [-0.2, 0) is 0 Å². The zero-order valence-corrected chi connectivity index (χ0v) is 10.5. The second kappa shape index (κ2) is 5.31. The number of piperidine rings is 1. The summed E-state index contributed by atoms with van der Waals surface area (Å²) in [6, 6.07) is 0. The monoisotopic (exact) mass is 236 g/mol.